The number of benzene rings is 3. The van der Waals surface area contributed by atoms with Crippen LogP contribution in [0.15, 0.2) is 78.9 Å². The first kappa shape index (κ1) is 21.3. The van der Waals surface area contributed by atoms with Gasteiger partial charge >= 0.3 is 5.97 Å². The Balaban J connectivity index is 1.29. The zero-order valence-electron chi connectivity index (χ0n) is 18.0. The molecule has 1 aliphatic rings. The molecule has 0 N–H and O–H groups in total. The van der Waals surface area contributed by atoms with Gasteiger partial charge in [0.1, 0.15) is 11.6 Å². The second kappa shape index (κ2) is 9.91. The number of hydrogen-bond acceptors (Lipinski definition) is 2. The third-order valence-electron chi connectivity index (χ3n) is 6.54. The Bertz CT molecular complexity index is 972. The minimum atomic E-state index is -0.420. The van der Waals surface area contributed by atoms with Crippen molar-refractivity contribution in [3.8, 4) is 5.75 Å². The molecule has 4 rings (SSSR count). The summed E-state index contributed by atoms with van der Waals surface area (Å²) >= 11 is 0. The summed E-state index contributed by atoms with van der Waals surface area (Å²) < 4.78 is 18.3. The number of halogens is 1. The lowest BCUT2D eigenvalue weighted by molar-refractivity contribution is 0.0734. The average Bonchev–Trinajstić information content (AvgIpc) is 2.82. The summed E-state index contributed by atoms with van der Waals surface area (Å²) in [5.74, 6) is 1.53. The molecule has 0 unspecified atom stereocenters. The molecule has 3 aromatic rings. The van der Waals surface area contributed by atoms with Crippen LogP contribution in [0.5, 0.6) is 5.75 Å². The van der Waals surface area contributed by atoms with Crippen LogP contribution >= 0.6 is 0 Å². The van der Waals surface area contributed by atoms with Crippen molar-refractivity contribution in [3.05, 3.63) is 101 Å². The van der Waals surface area contributed by atoms with Crippen molar-refractivity contribution in [2.45, 2.75) is 50.9 Å². The van der Waals surface area contributed by atoms with Crippen molar-refractivity contribution in [3.63, 3.8) is 0 Å². The number of hydrogen-bond donors (Lipinski definition) is 0. The van der Waals surface area contributed by atoms with Crippen molar-refractivity contribution >= 4 is 5.97 Å². The molecule has 3 aromatic carbocycles. The number of carbonyl (C=O) groups excluding carboxylic acids is 1. The van der Waals surface area contributed by atoms with Crippen molar-refractivity contribution in [2.24, 2.45) is 5.92 Å². The molecule has 2 nitrogen and oxygen atoms in total. The Morgan fingerprint density at radius 2 is 1.55 bits per heavy atom. The van der Waals surface area contributed by atoms with Crippen LogP contribution in [0, 0.1) is 11.7 Å². The zero-order valence-corrected chi connectivity index (χ0v) is 18.0. The highest BCUT2D eigenvalue weighted by molar-refractivity contribution is 5.91. The highest BCUT2D eigenvalue weighted by Crippen LogP contribution is 2.39. The Morgan fingerprint density at radius 1 is 0.903 bits per heavy atom. The van der Waals surface area contributed by atoms with Crippen molar-refractivity contribution < 1.29 is 13.9 Å². The van der Waals surface area contributed by atoms with E-state index in [0.29, 0.717) is 23.1 Å². The van der Waals surface area contributed by atoms with E-state index in [1.807, 2.05) is 12.1 Å². The van der Waals surface area contributed by atoms with Gasteiger partial charge < -0.3 is 4.74 Å². The highest BCUT2D eigenvalue weighted by atomic mass is 19.1. The van der Waals surface area contributed by atoms with Crippen LogP contribution < -0.4 is 4.74 Å². The maximum absolute atomic E-state index is 13.0. The van der Waals surface area contributed by atoms with E-state index in [0.717, 1.165) is 5.92 Å². The van der Waals surface area contributed by atoms with E-state index < -0.39 is 5.97 Å². The second-order valence-corrected chi connectivity index (χ2v) is 8.73. The monoisotopic (exact) mass is 416 g/mol. The molecule has 1 atom stereocenters. The van der Waals surface area contributed by atoms with Gasteiger partial charge in [-0.2, -0.15) is 0 Å². The Hall–Kier alpha value is -2.94. The summed E-state index contributed by atoms with van der Waals surface area (Å²) in [7, 11) is 0. The van der Waals surface area contributed by atoms with Crippen molar-refractivity contribution in [1.29, 1.82) is 0 Å². The van der Waals surface area contributed by atoms with Crippen LogP contribution in [0.4, 0.5) is 4.39 Å². The lowest BCUT2D eigenvalue weighted by atomic mass is 9.75. The molecule has 0 spiro atoms. The van der Waals surface area contributed by atoms with Crippen LogP contribution in [0.3, 0.4) is 0 Å². The standard InChI is InChI=1S/C28H29FO2/c1-20(22-5-3-2-4-6-22)19-21-7-9-23(10-8-21)24-11-13-25(14-12-24)28(30)31-27-17-15-26(29)16-18-27/h2-6,11-18,20-21,23H,7-10,19H2,1H3/t20-,21?,23?/m0/s1. The summed E-state index contributed by atoms with van der Waals surface area (Å²) in [5.41, 5.74) is 3.25. The molecule has 1 saturated carbocycles. The van der Waals surface area contributed by atoms with Gasteiger partial charge in [-0.05, 0) is 97.4 Å². The fraction of sp³-hybridized carbons (Fsp3) is 0.321. The van der Waals surface area contributed by atoms with Gasteiger partial charge in [-0.1, -0.05) is 49.4 Å². The first-order valence-electron chi connectivity index (χ1n) is 11.2. The molecule has 0 amide bonds. The van der Waals surface area contributed by atoms with E-state index in [9.17, 15) is 9.18 Å². The summed E-state index contributed by atoms with van der Waals surface area (Å²) in [5, 5.41) is 0. The van der Waals surface area contributed by atoms with Crippen LogP contribution in [-0.2, 0) is 0 Å². The Labute approximate surface area is 184 Å². The number of ether oxygens (including phenoxy) is 1. The molecule has 31 heavy (non-hydrogen) atoms. The van der Waals surface area contributed by atoms with E-state index in [1.54, 1.807) is 0 Å². The van der Waals surface area contributed by atoms with Gasteiger partial charge in [0, 0.05) is 0 Å². The minimum absolute atomic E-state index is 0.346. The van der Waals surface area contributed by atoms with Crippen molar-refractivity contribution in [2.75, 3.05) is 0 Å². The molecule has 0 heterocycles. The van der Waals surface area contributed by atoms with E-state index in [1.165, 1.54) is 67.5 Å². The van der Waals surface area contributed by atoms with Crippen LogP contribution in [0.1, 0.15) is 72.3 Å². The molecular formula is C28H29FO2. The van der Waals surface area contributed by atoms with Crippen LogP contribution in [0.2, 0.25) is 0 Å². The second-order valence-electron chi connectivity index (χ2n) is 8.73. The van der Waals surface area contributed by atoms with Gasteiger partial charge in [-0.3, -0.25) is 0 Å². The summed E-state index contributed by atoms with van der Waals surface area (Å²) in [6.45, 7) is 2.34. The largest absolute Gasteiger partial charge is 0.423 e. The maximum atomic E-state index is 13.0. The summed E-state index contributed by atoms with van der Waals surface area (Å²) in [4.78, 5) is 12.3. The van der Waals surface area contributed by atoms with Crippen molar-refractivity contribution in [1.82, 2.24) is 0 Å². The highest BCUT2D eigenvalue weighted by Gasteiger charge is 2.24. The van der Waals surface area contributed by atoms with Gasteiger partial charge in [0.15, 0.2) is 0 Å². The van der Waals surface area contributed by atoms with Gasteiger partial charge in [-0.25, -0.2) is 9.18 Å². The molecule has 160 valence electrons. The first-order chi connectivity index (χ1) is 15.1. The normalized spacial score (nSPS) is 19.5. The fourth-order valence-electron chi connectivity index (χ4n) is 4.71. The number of rotatable bonds is 6. The molecule has 0 saturated heterocycles. The van der Waals surface area contributed by atoms with E-state index in [4.69, 9.17) is 4.74 Å². The van der Waals surface area contributed by atoms with E-state index in [2.05, 4.69) is 49.4 Å². The lowest BCUT2D eigenvalue weighted by Crippen LogP contribution is -2.15. The third-order valence-corrected chi connectivity index (χ3v) is 6.54. The van der Waals surface area contributed by atoms with Crippen LogP contribution in [-0.4, -0.2) is 5.97 Å². The van der Waals surface area contributed by atoms with Gasteiger partial charge in [0.05, 0.1) is 5.56 Å². The minimum Gasteiger partial charge on any atom is -0.423 e. The molecule has 1 aliphatic carbocycles. The quantitative estimate of drug-likeness (QED) is 0.307. The SMILES string of the molecule is C[C@@H](CC1CCC(c2ccc(C(=O)Oc3ccc(F)cc3)cc2)CC1)c1ccccc1. The molecule has 0 aromatic heterocycles. The summed E-state index contributed by atoms with van der Waals surface area (Å²) in [6.07, 6.45) is 6.17. The number of carbonyl (C=O) groups is 1. The topological polar surface area (TPSA) is 26.3 Å². The molecule has 1 fully saturated rings. The van der Waals surface area contributed by atoms with E-state index >= 15 is 0 Å². The molecule has 0 aliphatic heterocycles. The fourth-order valence-corrected chi connectivity index (χ4v) is 4.71. The maximum Gasteiger partial charge on any atom is 0.343 e. The van der Waals surface area contributed by atoms with Gasteiger partial charge in [0.25, 0.3) is 0 Å². The Morgan fingerprint density at radius 3 is 2.19 bits per heavy atom. The predicted molar refractivity (Wildman–Crippen MR) is 122 cm³/mol. The van der Waals surface area contributed by atoms with E-state index in [-0.39, 0.29) is 5.82 Å². The van der Waals surface area contributed by atoms with Crippen LogP contribution in [0.25, 0.3) is 0 Å². The third kappa shape index (κ3) is 5.61. The summed E-state index contributed by atoms with van der Waals surface area (Å²) in [6, 6.07) is 24.1. The predicted octanol–water partition coefficient (Wildman–Crippen LogP) is 7.51. The lowest BCUT2D eigenvalue weighted by Gasteiger charge is -2.30. The zero-order chi connectivity index (χ0) is 21.6. The smallest absolute Gasteiger partial charge is 0.343 e. The average molecular weight is 417 g/mol. The molecule has 3 heteroatoms. The first-order valence-corrected chi connectivity index (χ1v) is 11.2. The Kier molecular flexibility index (Phi) is 6.81. The molecule has 0 radical (unpaired) electrons. The van der Waals surface area contributed by atoms with Gasteiger partial charge in [0.2, 0.25) is 0 Å². The number of esters is 1. The molecular weight excluding hydrogens is 387 g/mol. The molecule has 0 bridgehead atoms. The van der Waals surface area contributed by atoms with Gasteiger partial charge in [-0.15, -0.1) is 0 Å².